The van der Waals surface area contributed by atoms with Crippen molar-refractivity contribution in [2.24, 2.45) is 5.92 Å². The third kappa shape index (κ3) is 4.38. The summed E-state index contributed by atoms with van der Waals surface area (Å²) in [4.78, 5) is 41.7. The van der Waals surface area contributed by atoms with Gasteiger partial charge in [0.25, 0.3) is 11.8 Å². The van der Waals surface area contributed by atoms with Gasteiger partial charge < -0.3 is 14.5 Å². The number of amides is 2. The monoisotopic (exact) mass is 438 g/mol. The van der Waals surface area contributed by atoms with Gasteiger partial charge in [-0.3, -0.25) is 14.4 Å². The van der Waals surface area contributed by atoms with Gasteiger partial charge in [0.15, 0.2) is 6.10 Å². The molecule has 4 rings (SSSR count). The smallest absolute Gasteiger partial charge is 0.309 e. The Morgan fingerprint density at radius 2 is 1.69 bits per heavy atom. The molecule has 2 amide bonds. The van der Waals surface area contributed by atoms with Crippen LogP contribution in [-0.4, -0.2) is 47.9 Å². The summed E-state index contributed by atoms with van der Waals surface area (Å²) < 4.78 is 18.6. The fraction of sp³-hybridized carbons (Fsp3) is 0.400. The molecule has 2 atom stereocenters. The molecule has 0 saturated carbocycles. The van der Waals surface area contributed by atoms with E-state index < -0.39 is 17.9 Å². The van der Waals surface area contributed by atoms with Crippen molar-refractivity contribution in [3.63, 3.8) is 0 Å². The molecule has 0 radical (unpaired) electrons. The number of rotatable bonds is 4. The highest BCUT2D eigenvalue weighted by molar-refractivity contribution is 5.99. The van der Waals surface area contributed by atoms with Crippen LogP contribution in [0.2, 0.25) is 0 Å². The minimum absolute atomic E-state index is 0.0155. The minimum Gasteiger partial charge on any atom is -0.452 e. The van der Waals surface area contributed by atoms with Gasteiger partial charge in [-0.25, -0.2) is 4.39 Å². The van der Waals surface area contributed by atoms with Crippen LogP contribution in [0.15, 0.2) is 48.5 Å². The lowest BCUT2D eigenvalue weighted by Gasteiger charge is -2.32. The second kappa shape index (κ2) is 9.10. The van der Waals surface area contributed by atoms with E-state index >= 15 is 0 Å². The Labute approximate surface area is 187 Å². The number of carbonyl (C=O) groups is 3. The predicted octanol–water partition coefficient (Wildman–Crippen LogP) is 3.59. The van der Waals surface area contributed by atoms with E-state index in [2.05, 4.69) is 0 Å². The van der Waals surface area contributed by atoms with Crippen LogP contribution in [-0.2, 0) is 20.7 Å². The van der Waals surface area contributed by atoms with Gasteiger partial charge >= 0.3 is 5.97 Å². The van der Waals surface area contributed by atoms with Gasteiger partial charge in [-0.1, -0.05) is 18.2 Å². The molecule has 168 valence electrons. The number of anilines is 1. The lowest BCUT2D eigenvalue weighted by atomic mass is 9.96. The van der Waals surface area contributed by atoms with Gasteiger partial charge in [-0.05, 0) is 69.0 Å². The Kier molecular flexibility index (Phi) is 6.26. The molecule has 0 unspecified atom stereocenters. The molecule has 0 spiro atoms. The molecule has 0 aromatic heterocycles. The Hall–Kier alpha value is -3.22. The molecule has 2 aromatic rings. The highest BCUT2D eigenvalue weighted by atomic mass is 19.1. The summed E-state index contributed by atoms with van der Waals surface area (Å²) >= 11 is 0. The van der Waals surface area contributed by atoms with Crippen LogP contribution in [0.3, 0.4) is 0 Å². The molecular formula is C25H27FN2O4. The lowest BCUT2D eigenvalue weighted by Crippen LogP contribution is -2.45. The summed E-state index contributed by atoms with van der Waals surface area (Å²) in [6.45, 7) is 4.42. The van der Waals surface area contributed by atoms with Gasteiger partial charge in [-0.2, -0.15) is 0 Å². The van der Waals surface area contributed by atoms with Crippen molar-refractivity contribution < 1.29 is 23.5 Å². The molecule has 2 aromatic carbocycles. The maximum absolute atomic E-state index is 13.1. The van der Waals surface area contributed by atoms with Crippen molar-refractivity contribution >= 4 is 23.5 Å². The predicted molar refractivity (Wildman–Crippen MR) is 118 cm³/mol. The zero-order chi connectivity index (χ0) is 22.8. The Balaban J connectivity index is 1.31. The fourth-order valence-electron chi connectivity index (χ4n) is 4.51. The first-order valence-electron chi connectivity index (χ1n) is 11.0. The number of carbonyl (C=O) groups excluding carboxylic acids is 3. The number of nitrogens with zero attached hydrogens (tertiary/aromatic N) is 2. The number of hydrogen-bond donors (Lipinski definition) is 0. The first kappa shape index (κ1) is 22.0. The quantitative estimate of drug-likeness (QED) is 0.685. The van der Waals surface area contributed by atoms with Crippen LogP contribution in [0.1, 0.15) is 42.6 Å². The Morgan fingerprint density at radius 1 is 1.03 bits per heavy atom. The SMILES string of the molecule is C[C@@H](OC(=O)C1CCN(C(=O)c2ccc(F)cc2)CC1)C(=O)N1c2ccccc2C[C@@H]1C. The van der Waals surface area contributed by atoms with Crippen molar-refractivity contribution in [1.82, 2.24) is 4.90 Å². The van der Waals surface area contributed by atoms with Crippen LogP contribution in [0, 0.1) is 11.7 Å². The van der Waals surface area contributed by atoms with E-state index in [0.717, 1.165) is 17.7 Å². The fourth-order valence-corrected chi connectivity index (χ4v) is 4.51. The lowest BCUT2D eigenvalue weighted by molar-refractivity contribution is -0.159. The summed E-state index contributed by atoms with van der Waals surface area (Å²) in [5, 5.41) is 0. The number of esters is 1. The van der Waals surface area contributed by atoms with Crippen molar-refractivity contribution in [1.29, 1.82) is 0 Å². The maximum Gasteiger partial charge on any atom is 0.309 e. The number of likely N-dealkylation sites (tertiary alicyclic amines) is 1. The van der Waals surface area contributed by atoms with Crippen molar-refractivity contribution in [3.05, 3.63) is 65.5 Å². The number of hydrogen-bond acceptors (Lipinski definition) is 4. The molecule has 7 heteroatoms. The average molecular weight is 438 g/mol. The first-order chi connectivity index (χ1) is 15.3. The molecular weight excluding hydrogens is 411 g/mol. The van der Waals surface area contributed by atoms with Crippen LogP contribution in [0.4, 0.5) is 10.1 Å². The minimum atomic E-state index is -0.880. The number of para-hydroxylation sites is 1. The third-order valence-electron chi connectivity index (χ3n) is 6.29. The molecule has 0 N–H and O–H groups in total. The summed E-state index contributed by atoms with van der Waals surface area (Å²) in [6.07, 6.45) is 0.837. The summed E-state index contributed by atoms with van der Waals surface area (Å²) in [5.41, 5.74) is 2.41. The van der Waals surface area contributed by atoms with E-state index in [4.69, 9.17) is 4.74 Å². The topological polar surface area (TPSA) is 66.9 Å². The number of benzene rings is 2. The van der Waals surface area contributed by atoms with E-state index in [1.807, 2.05) is 31.2 Å². The number of ether oxygens (including phenoxy) is 1. The molecule has 0 aliphatic carbocycles. The normalized spacial score (nSPS) is 19.4. The summed E-state index contributed by atoms with van der Waals surface area (Å²) in [6, 6.07) is 13.2. The number of fused-ring (bicyclic) bond motifs is 1. The third-order valence-corrected chi connectivity index (χ3v) is 6.29. The van der Waals surface area contributed by atoms with E-state index in [0.29, 0.717) is 31.5 Å². The molecule has 32 heavy (non-hydrogen) atoms. The maximum atomic E-state index is 13.1. The molecule has 2 aliphatic rings. The van der Waals surface area contributed by atoms with Crippen LogP contribution in [0.5, 0.6) is 0 Å². The van der Waals surface area contributed by atoms with Gasteiger partial charge in [-0.15, -0.1) is 0 Å². The second-order valence-electron chi connectivity index (χ2n) is 8.54. The summed E-state index contributed by atoms with van der Waals surface area (Å²) in [7, 11) is 0. The van der Waals surface area contributed by atoms with Crippen LogP contribution >= 0.6 is 0 Å². The standard InChI is InChI=1S/C25H27FN2O4/c1-16-15-20-5-3-4-6-22(20)28(16)23(29)17(2)32-25(31)19-11-13-27(14-12-19)24(30)18-7-9-21(26)10-8-18/h3-10,16-17,19H,11-15H2,1-2H3/t16-,17+/m0/s1. The molecule has 2 heterocycles. The second-order valence-corrected chi connectivity index (χ2v) is 8.54. The van der Waals surface area contributed by atoms with E-state index in [9.17, 15) is 18.8 Å². The molecule has 6 nitrogen and oxygen atoms in total. The zero-order valence-corrected chi connectivity index (χ0v) is 18.3. The Bertz CT molecular complexity index is 1010. The van der Waals surface area contributed by atoms with Crippen molar-refractivity contribution in [2.45, 2.75) is 45.3 Å². The highest BCUT2D eigenvalue weighted by Crippen LogP contribution is 2.32. The molecule has 2 aliphatic heterocycles. The first-order valence-corrected chi connectivity index (χ1v) is 11.0. The van der Waals surface area contributed by atoms with Gasteiger partial charge in [0.2, 0.25) is 0 Å². The molecule has 0 bridgehead atoms. The van der Waals surface area contributed by atoms with Crippen molar-refractivity contribution in [2.75, 3.05) is 18.0 Å². The molecule has 1 saturated heterocycles. The Morgan fingerprint density at radius 3 is 2.38 bits per heavy atom. The van der Waals surface area contributed by atoms with Gasteiger partial charge in [0, 0.05) is 30.4 Å². The van der Waals surface area contributed by atoms with E-state index in [1.54, 1.807) is 16.7 Å². The largest absolute Gasteiger partial charge is 0.452 e. The summed E-state index contributed by atoms with van der Waals surface area (Å²) in [5.74, 6) is -1.55. The average Bonchev–Trinajstić information content (AvgIpc) is 3.14. The van der Waals surface area contributed by atoms with Crippen LogP contribution < -0.4 is 4.90 Å². The number of piperidine rings is 1. The van der Waals surface area contributed by atoms with E-state index in [1.165, 1.54) is 24.3 Å². The highest BCUT2D eigenvalue weighted by Gasteiger charge is 2.36. The number of halogens is 1. The van der Waals surface area contributed by atoms with Gasteiger partial charge in [0.05, 0.1) is 5.92 Å². The zero-order valence-electron chi connectivity index (χ0n) is 18.3. The van der Waals surface area contributed by atoms with Gasteiger partial charge in [0.1, 0.15) is 5.82 Å². The van der Waals surface area contributed by atoms with Crippen LogP contribution in [0.25, 0.3) is 0 Å². The van der Waals surface area contributed by atoms with E-state index in [-0.39, 0.29) is 23.8 Å². The molecule has 1 fully saturated rings. The van der Waals surface area contributed by atoms with Crippen molar-refractivity contribution in [3.8, 4) is 0 Å².